The molecule has 0 nitrogen and oxygen atoms in total. The van der Waals surface area contributed by atoms with Crippen LogP contribution in [0.1, 0.15) is 28.2 Å². The van der Waals surface area contributed by atoms with Crippen LogP contribution in [0.4, 0.5) is 0 Å². The molecule has 0 aromatic heterocycles. The summed E-state index contributed by atoms with van der Waals surface area (Å²) in [5, 5.41) is 0. The molecule has 0 aliphatic rings. The van der Waals surface area contributed by atoms with Gasteiger partial charge in [0.1, 0.15) is 0 Å². The predicted octanol–water partition coefficient (Wildman–Crippen LogP) is 6.87. The summed E-state index contributed by atoms with van der Waals surface area (Å²) in [4.78, 5) is 0. The second-order valence-electron chi connectivity index (χ2n) is 7.20. The standard InChI is InChI=1S/C28H23.Ti/c1-5-13-23(14-6-1)27(24-15-7-2-8-16-24)21-22-28(25-17-9-3-10-18-25)26-19-11-4-12-20-26;/h1-22,27H;. The van der Waals surface area contributed by atoms with Gasteiger partial charge in [0.05, 0.1) is 0 Å². The van der Waals surface area contributed by atoms with Crippen molar-refractivity contribution in [2.24, 2.45) is 0 Å². The summed E-state index contributed by atoms with van der Waals surface area (Å²) in [6, 6.07) is 43.0. The molecule has 0 saturated carbocycles. The summed E-state index contributed by atoms with van der Waals surface area (Å²) < 4.78 is -0.204. The first kappa shape index (κ1) is 19.6. The van der Waals surface area contributed by atoms with Gasteiger partial charge in [0.15, 0.2) is 0 Å². The first-order chi connectivity index (χ1) is 14.3. The number of hydrogen-bond acceptors (Lipinski definition) is 0. The van der Waals surface area contributed by atoms with E-state index in [9.17, 15) is 0 Å². The van der Waals surface area contributed by atoms with Crippen LogP contribution in [0.25, 0.3) is 0 Å². The van der Waals surface area contributed by atoms with E-state index in [1.807, 2.05) is 0 Å². The molecule has 0 aliphatic heterocycles. The van der Waals surface area contributed by atoms with Crippen LogP contribution >= 0.6 is 0 Å². The number of benzene rings is 4. The molecular weight excluding hydrogens is 384 g/mol. The Labute approximate surface area is 185 Å². The van der Waals surface area contributed by atoms with Crippen molar-refractivity contribution in [2.45, 2.75) is 9.64 Å². The fourth-order valence-electron chi connectivity index (χ4n) is 3.74. The van der Waals surface area contributed by atoms with E-state index >= 15 is 0 Å². The molecule has 0 heterocycles. The van der Waals surface area contributed by atoms with Crippen molar-refractivity contribution in [3.8, 4) is 0 Å². The number of hydrogen-bond donors (Lipinski definition) is 0. The monoisotopic (exact) mass is 407 g/mol. The van der Waals surface area contributed by atoms with Gasteiger partial charge in [-0.1, -0.05) is 0 Å². The van der Waals surface area contributed by atoms with Crippen molar-refractivity contribution in [3.63, 3.8) is 0 Å². The Morgan fingerprint density at radius 1 is 0.517 bits per heavy atom. The van der Waals surface area contributed by atoms with Crippen LogP contribution in [0, 0.1) is 0 Å². The van der Waals surface area contributed by atoms with E-state index in [2.05, 4.69) is 154 Å². The van der Waals surface area contributed by atoms with Crippen LogP contribution in [0.15, 0.2) is 133 Å². The summed E-state index contributed by atoms with van der Waals surface area (Å²) in [5.41, 5.74) is 5.20. The van der Waals surface area contributed by atoms with E-state index in [1.165, 1.54) is 22.3 Å². The van der Waals surface area contributed by atoms with Gasteiger partial charge in [-0.15, -0.1) is 0 Å². The Bertz CT molecular complexity index is 959. The Morgan fingerprint density at radius 3 is 1.24 bits per heavy atom. The fourth-order valence-corrected chi connectivity index (χ4v) is 4.41. The minimum atomic E-state index is -0.204. The molecule has 0 atom stereocenters. The SMILES string of the molecule is [Ti][C](C=CC(c1ccccc1)c1ccccc1)(c1ccccc1)c1ccccc1. The molecule has 29 heavy (non-hydrogen) atoms. The van der Waals surface area contributed by atoms with E-state index in [-0.39, 0.29) is 9.64 Å². The first-order valence-electron chi connectivity index (χ1n) is 9.93. The maximum atomic E-state index is 2.38. The Hall–Kier alpha value is -2.67. The fraction of sp³-hybridized carbons (Fsp3) is 0.0714. The second-order valence-corrected chi connectivity index (χ2v) is 8.43. The molecule has 0 amide bonds. The normalized spacial score (nSPS) is 11.7. The van der Waals surface area contributed by atoms with Gasteiger partial charge in [-0.25, -0.2) is 0 Å². The molecule has 0 bridgehead atoms. The van der Waals surface area contributed by atoms with E-state index in [4.69, 9.17) is 0 Å². The van der Waals surface area contributed by atoms with Gasteiger partial charge in [-0.05, 0) is 0 Å². The summed E-state index contributed by atoms with van der Waals surface area (Å²) >= 11 is 2.31. The van der Waals surface area contributed by atoms with Gasteiger partial charge in [-0.2, -0.15) is 0 Å². The third-order valence-corrected chi connectivity index (χ3v) is 6.48. The van der Waals surface area contributed by atoms with Crippen LogP contribution in [0.2, 0.25) is 0 Å². The van der Waals surface area contributed by atoms with Crippen molar-refractivity contribution < 1.29 is 20.4 Å². The summed E-state index contributed by atoms with van der Waals surface area (Å²) in [6.45, 7) is 0. The zero-order chi connectivity index (χ0) is 19.9. The van der Waals surface area contributed by atoms with E-state index < -0.39 is 0 Å². The zero-order valence-electron chi connectivity index (χ0n) is 16.3. The van der Waals surface area contributed by atoms with Crippen LogP contribution < -0.4 is 0 Å². The maximum absolute atomic E-state index is 2.38. The van der Waals surface area contributed by atoms with Crippen LogP contribution in [0.5, 0.6) is 0 Å². The average Bonchev–Trinajstić information content (AvgIpc) is 2.81. The molecule has 0 spiro atoms. The second kappa shape index (κ2) is 9.22. The molecular formula is C28H23Ti. The molecule has 1 heteroatoms. The van der Waals surface area contributed by atoms with Gasteiger partial charge in [-0.3, -0.25) is 0 Å². The average molecular weight is 407 g/mol. The zero-order valence-corrected chi connectivity index (χ0v) is 17.8. The Morgan fingerprint density at radius 2 is 0.862 bits per heavy atom. The third kappa shape index (κ3) is 4.51. The summed E-state index contributed by atoms with van der Waals surface area (Å²) in [6.07, 6.45) is 4.74. The molecule has 4 aromatic rings. The van der Waals surface area contributed by atoms with Crippen molar-refractivity contribution in [3.05, 3.63) is 156 Å². The minimum absolute atomic E-state index is 0.204. The van der Waals surface area contributed by atoms with Gasteiger partial charge >= 0.3 is 186 Å². The molecule has 0 N–H and O–H groups in total. The number of allylic oxidation sites excluding steroid dienone is 2. The Kier molecular flexibility index (Phi) is 6.25. The molecule has 0 fully saturated rings. The molecule has 4 aromatic carbocycles. The predicted molar refractivity (Wildman–Crippen MR) is 118 cm³/mol. The molecule has 0 radical (unpaired) electrons. The van der Waals surface area contributed by atoms with Gasteiger partial charge in [0.2, 0.25) is 0 Å². The van der Waals surface area contributed by atoms with Crippen molar-refractivity contribution in [2.75, 3.05) is 0 Å². The first-order valence-corrected chi connectivity index (χ1v) is 10.7. The van der Waals surface area contributed by atoms with Gasteiger partial charge in [0, 0.05) is 0 Å². The topological polar surface area (TPSA) is 0 Å². The van der Waals surface area contributed by atoms with Crippen LogP contribution in [-0.2, 0) is 24.2 Å². The number of rotatable bonds is 6. The van der Waals surface area contributed by atoms with Crippen molar-refractivity contribution in [1.29, 1.82) is 0 Å². The summed E-state index contributed by atoms with van der Waals surface area (Å²) in [5.74, 6) is 0.212. The van der Waals surface area contributed by atoms with E-state index in [1.54, 1.807) is 0 Å². The van der Waals surface area contributed by atoms with E-state index in [0.29, 0.717) is 0 Å². The third-order valence-electron chi connectivity index (χ3n) is 5.31. The molecule has 139 valence electrons. The van der Waals surface area contributed by atoms with Crippen molar-refractivity contribution >= 4 is 0 Å². The Balaban J connectivity index is 1.81. The quantitative estimate of drug-likeness (QED) is 0.242. The van der Waals surface area contributed by atoms with E-state index in [0.717, 1.165) is 0 Å². The molecule has 0 saturated heterocycles. The van der Waals surface area contributed by atoms with Gasteiger partial charge in [0.25, 0.3) is 0 Å². The summed E-state index contributed by atoms with van der Waals surface area (Å²) in [7, 11) is 0. The molecule has 0 unspecified atom stereocenters. The van der Waals surface area contributed by atoms with Crippen LogP contribution in [-0.4, -0.2) is 0 Å². The van der Waals surface area contributed by atoms with Gasteiger partial charge < -0.3 is 0 Å². The van der Waals surface area contributed by atoms with Crippen molar-refractivity contribution in [1.82, 2.24) is 0 Å². The van der Waals surface area contributed by atoms with Crippen LogP contribution in [0.3, 0.4) is 0 Å². The molecule has 0 aliphatic carbocycles. The molecule has 4 rings (SSSR count).